The normalized spacial score (nSPS) is 11.6. The Kier molecular flexibility index (Phi) is 5.06. The number of thiophene rings is 1. The molecule has 0 aliphatic carbocycles. The van der Waals surface area contributed by atoms with Crippen molar-refractivity contribution in [3.63, 3.8) is 0 Å². The van der Waals surface area contributed by atoms with Crippen molar-refractivity contribution < 1.29 is 9.53 Å². The highest BCUT2D eigenvalue weighted by Crippen LogP contribution is 2.35. The molecule has 0 spiro atoms. The summed E-state index contributed by atoms with van der Waals surface area (Å²) in [4.78, 5) is 12.9. The number of rotatable bonds is 4. The maximum absolute atomic E-state index is 12.5. The molecule has 0 aliphatic rings. The van der Waals surface area contributed by atoms with Gasteiger partial charge < -0.3 is 4.74 Å². The van der Waals surface area contributed by atoms with E-state index in [4.69, 9.17) is 16.3 Å². The van der Waals surface area contributed by atoms with Gasteiger partial charge >= 0.3 is 0 Å². The van der Waals surface area contributed by atoms with Gasteiger partial charge in [0.15, 0.2) is 0 Å². The average Bonchev–Trinajstić information content (AvgIpc) is 2.95. The van der Waals surface area contributed by atoms with Gasteiger partial charge in [-0.1, -0.05) is 35.9 Å². The molecule has 0 saturated carbocycles. The number of benzene rings is 2. The van der Waals surface area contributed by atoms with E-state index in [0.717, 1.165) is 27.0 Å². The maximum Gasteiger partial charge on any atom is 0.283 e. The van der Waals surface area contributed by atoms with E-state index in [-0.39, 0.29) is 5.91 Å². The second-order valence-corrected chi connectivity index (χ2v) is 7.05. The Hall–Kier alpha value is -2.37. The minimum absolute atomic E-state index is 0.314. The molecule has 3 rings (SSSR count). The molecular weight excluding hydrogens is 356 g/mol. The second-order valence-electron chi connectivity index (χ2n) is 5.61. The van der Waals surface area contributed by atoms with Crippen LogP contribution in [0.1, 0.15) is 27.7 Å². The summed E-state index contributed by atoms with van der Waals surface area (Å²) < 4.78 is 6.19. The van der Waals surface area contributed by atoms with E-state index in [1.807, 2.05) is 56.3 Å². The van der Waals surface area contributed by atoms with Crippen molar-refractivity contribution in [2.45, 2.75) is 13.8 Å². The van der Waals surface area contributed by atoms with Gasteiger partial charge in [-0.05, 0) is 37.6 Å². The number of carbonyl (C=O) groups is 1. The molecule has 0 aliphatic heterocycles. The molecule has 0 radical (unpaired) electrons. The van der Waals surface area contributed by atoms with Gasteiger partial charge in [0.2, 0.25) is 0 Å². The number of nitrogens with zero attached hydrogens (tertiary/aromatic N) is 1. The number of ether oxygens (including phenoxy) is 1. The fourth-order valence-corrected chi connectivity index (χ4v) is 3.92. The van der Waals surface area contributed by atoms with Crippen molar-refractivity contribution in [1.29, 1.82) is 0 Å². The summed E-state index contributed by atoms with van der Waals surface area (Å²) in [6.07, 6.45) is 0. The van der Waals surface area contributed by atoms with Crippen LogP contribution in [0.2, 0.25) is 5.02 Å². The summed E-state index contributed by atoms with van der Waals surface area (Å²) in [5.74, 6) is 0.424. The van der Waals surface area contributed by atoms with Crippen molar-refractivity contribution >= 4 is 44.6 Å². The lowest BCUT2D eigenvalue weighted by molar-refractivity contribution is 0.0959. The van der Waals surface area contributed by atoms with Crippen LogP contribution in [0.15, 0.2) is 47.6 Å². The van der Waals surface area contributed by atoms with Gasteiger partial charge in [-0.25, -0.2) is 5.43 Å². The molecule has 3 aromatic rings. The molecule has 4 nitrogen and oxygen atoms in total. The Morgan fingerprint density at radius 3 is 2.80 bits per heavy atom. The third kappa shape index (κ3) is 3.67. The zero-order valence-electron chi connectivity index (χ0n) is 14.1. The number of carbonyl (C=O) groups excluding carboxylic acids is 1. The largest absolute Gasteiger partial charge is 0.497 e. The molecular formula is C19H17ClN2O2S. The Balaban J connectivity index is 1.83. The number of methoxy groups -OCH3 is 1. The summed E-state index contributed by atoms with van der Waals surface area (Å²) in [5, 5.41) is 5.53. The predicted octanol–water partition coefficient (Wildman–Crippen LogP) is 5.03. The fraction of sp³-hybridized carbons (Fsp3) is 0.158. The predicted molar refractivity (Wildman–Crippen MR) is 104 cm³/mol. The Morgan fingerprint density at radius 2 is 2.04 bits per heavy atom. The third-order valence-corrected chi connectivity index (χ3v) is 5.46. The molecule has 128 valence electrons. The molecule has 25 heavy (non-hydrogen) atoms. The SMILES string of the molecule is COc1cccc(/C(C)=N/NC(=O)c2sc3cc(C)ccc3c2Cl)c1. The highest BCUT2D eigenvalue weighted by molar-refractivity contribution is 7.21. The molecule has 1 aromatic heterocycles. The average molecular weight is 373 g/mol. The van der Waals surface area contributed by atoms with Crippen LogP contribution >= 0.6 is 22.9 Å². The number of fused-ring (bicyclic) bond motifs is 1. The van der Waals surface area contributed by atoms with E-state index in [2.05, 4.69) is 10.5 Å². The summed E-state index contributed by atoms with van der Waals surface area (Å²) in [6, 6.07) is 13.4. The quantitative estimate of drug-likeness (QED) is 0.516. The number of halogens is 1. The molecule has 0 bridgehead atoms. The highest BCUT2D eigenvalue weighted by atomic mass is 35.5. The van der Waals surface area contributed by atoms with Crippen LogP contribution in [0.4, 0.5) is 0 Å². The van der Waals surface area contributed by atoms with Crippen molar-refractivity contribution in [2.75, 3.05) is 7.11 Å². The smallest absolute Gasteiger partial charge is 0.283 e. The van der Waals surface area contributed by atoms with Gasteiger partial charge in [-0.3, -0.25) is 4.79 Å². The summed E-state index contributed by atoms with van der Waals surface area (Å²) in [5.41, 5.74) is 5.27. The molecule has 0 saturated heterocycles. The highest BCUT2D eigenvalue weighted by Gasteiger charge is 2.17. The molecule has 2 aromatic carbocycles. The van der Waals surface area contributed by atoms with Crippen molar-refractivity contribution in [2.24, 2.45) is 5.10 Å². The fourth-order valence-electron chi connectivity index (χ4n) is 2.42. The first-order valence-electron chi connectivity index (χ1n) is 7.67. The molecule has 0 atom stereocenters. The van der Waals surface area contributed by atoms with E-state index in [9.17, 15) is 4.79 Å². The Bertz CT molecular complexity index is 979. The number of nitrogens with one attached hydrogen (secondary N) is 1. The molecule has 0 unspecified atom stereocenters. The minimum atomic E-state index is -0.314. The molecule has 1 heterocycles. The number of hydrogen-bond donors (Lipinski definition) is 1. The van der Waals surface area contributed by atoms with Crippen LogP contribution in [0, 0.1) is 6.92 Å². The Labute approximate surface area is 155 Å². The lowest BCUT2D eigenvalue weighted by Gasteiger charge is -2.04. The number of amides is 1. The minimum Gasteiger partial charge on any atom is -0.497 e. The van der Waals surface area contributed by atoms with Crippen LogP contribution in [0.5, 0.6) is 5.75 Å². The van der Waals surface area contributed by atoms with Gasteiger partial charge in [0, 0.05) is 15.6 Å². The van der Waals surface area contributed by atoms with Crippen LogP contribution < -0.4 is 10.2 Å². The Morgan fingerprint density at radius 1 is 1.24 bits per heavy atom. The first kappa shape index (κ1) is 17.5. The zero-order valence-corrected chi connectivity index (χ0v) is 15.7. The summed E-state index contributed by atoms with van der Waals surface area (Å²) in [6.45, 7) is 3.83. The number of hydrogen-bond acceptors (Lipinski definition) is 4. The van der Waals surface area contributed by atoms with Crippen LogP contribution in [0.3, 0.4) is 0 Å². The standard InChI is InChI=1S/C19H17ClN2O2S/c1-11-7-8-15-16(9-11)25-18(17(15)20)19(23)22-21-12(2)13-5-4-6-14(10-13)24-3/h4-10H,1-3H3,(H,22,23)/b21-12+. The van der Waals surface area contributed by atoms with Gasteiger partial charge in [-0.2, -0.15) is 5.10 Å². The molecule has 1 amide bonds. The lowest BCUT2D eigenvalue weighted by Crippen LogP contribution is -2.18. The van der Waals surface area contributed by atoms with E-state index in [1.165, 1.54) is 11.3 Å². The second kappa shape index (κ2) is 7.25. The van der Waals surface area contributed by atoms with Crippen molar-refractivity contribution in [1.82, 2.24) is 5.43 Å². The first-order chi connectivity index (χ1) is 12.0. The van der Waals surface area contributed by atoms with E-state index in [1.54, 1.807) is 7.11 Å². The summed E-state index contributed by atoms with van der Waals surface area (Å²) in [7, 11) is 1.61. The van der Waals surface area contributed by atoms with Gasteiger partial charge in [0.25, 0.3) is 5.91 Å². The van der Waals surface area contributed by atoms with Gasteiger partial charge in [-0.15, -0.1) is 11.3 Å². The van der Waals surface area contributed by atoms with E-state index >= 15 is 0 Å². The van der Waals surface area contributed by atoms with Crippen LogP contribution in [-0.2, 0) is 0 Å². The van der Waals surface area contributed by atoms with E-state index < -0.39 is 0 Å². The topological polar surface area (TPSA) is 50.7 Å². The van der Waals surface area contributed by atoms with E-state index in [0.29, 0.717) is 15.6 Å². The molecule has 0 fully saturated rings. The number of aryl methyl sites for hydroxylation is 1. The zero-order chi connectivity index (χ0) is 18.0. The molecule has 1 N–H and O–H groups in total. The van der Waals surface area contributed by atoms with Crippen molar-refractivity contribution in [3.8, 4) is 5.75 Å². The lowest BCUT2D eigenvalue weighted by atomic mass is 10.1. The maximum atomic E-state index is 12.5. The summed E-state index contributed by atoms with van der Waals surface area (Å²) >= 11 is 7.73. The van der Waals surface area contributed by atoms with Crippen molar-refractivity contribution in [3.05, 3.63) is 63.5 Å². The van der Waals surface area contributed by atoms with Gasteiger partial charge in [0.1, 0.15) is 10.6 Å². The van der Waals surface area contributed by atoms with Gasteiger partial charge in [0.05, 0.1) is 17.8 Å². The molecule has 6 heteroatoms. The first-order valence-corrected chi connectivity index (χ1v) is 8.86. The number of hydrazone groups is 1. The monoisotopic (exact) mass is 372 g/mol. The third-order valence-electron chi connectivity index (χ3n) is 3.80. The van der Waals surface area contributed by atoms with Crippen LogP contribution in [-0.4, -0.2) is 18.7 Å². The van der Waals surface area contributed by atoms with Crippen LogP contribution in [0.25, 0.3) is 10.1 Å².